The highest BCUT2D eigenvalue weighted by Crippen LogP contribution is 2.28. The molecule has 1 aliphatic rings. The first-order valence-corrected chi connectivity index (χ1v) is 7.15. The number of rotatable bonds is 3. The fourth-order valence-corrected chi connectivity index (χ4v) is 2.82. The van der Waals surface area contributed by atoms with E-state index >= 15 is 0 Å². The molecule has 22 heavy (non-hydrogen) atoms. The van der Waals surface area contributed by atoms with E-state index in [-0.39, 0.29) is 11.5 Å². The Bertz CT molecular complexity index is 749. The van der Waals surface area contributed by atoms with Gasteiger partial charge in [-0.25, -0.2) is 4.79 Å². The molecular weight excluding hydrogens is 282 g/mol. The molecule has 6 nitrogen and oxygen atoms in total. The van der Waals surface area contributed by atoms with Crippen LogP contribution in [0.3, 0.4) is 0 Å². The number of ether oxygens (including phenoxy) is 1. The third-order valence-corrected chi connectivity index (χ3v) is 3.88. The van der Waals surface area contributed by atoms with Crippen molar-refractivity contribution in [1.82, 2.24) is 9.78 Å². The number of carbonyl (C=O) groups excluding carboxylic acids is 2. The average molecular weight is 299 g/mol. The molecule has 0 unspecified atom stereocenters. The van der Waals surface area contributed by atoms with Crippen LogP contribution in [0.15, 0.2) is 24.3 Å². The summed E-state index contributed by atoms with van der Waals surface area (Å²) in [6.45, 7) is 0. The zero-order chi connectivity index (χ0) is 15.7. The van der Waals surface area contributed by atoms with Crippen molar-refractivity contribution in [3.05, 3.63) is 46.6 Å². The number of benzene rings is 1. The molecule has 2 aromatic rings. The number of hydrogen-bond acceptors (Lipinski definition) is 4. The molecule has 0 saturated heterocycles. The van der Waals surface area contributed by atoms with Gasteiger partial charge in [-0.3, -0.25) is 9.48 Å². The van der Waals surface area contributed by atoms with Crippen LogP contribution in [0.1, 0.15) is 38.4 Å². The van der Waals surface area contributed by atoms with Gasteiger partial charge in [-0.05, 0) is 31.4 Å². The van der Waals surface area contributed by atoms with Gasteiger partial charge in [0.25, 0.3) is 5.91 Å². The standard InChI is InChI=1S/C16H17N3O3/c1-19-14(12-8-5-9-13(12)18-19)17-15(20)10-6-3-4-7-11(10)16(21)22-2/h3-4,6-7H,5,8-9H2,1-2H3,(H,17,20). The smallest absolute Gasteiger partial charge is 0.338 e. The monoisotopic (exact) mass is 299 g/mol. The molecule has 0 atom stereocenters. The summed E-state index contributed by atoms with van der Waals surface area (Å²) in [4.78, 5) is 24.3. The predicted molar refractivity (Wildman–Crippen MR) is 81.0 cm³/mol. The molecule has 6 heteroatoms. The molecule has 1 amide bonds. The molecule has 0 spiro atoms. The van der Waals surface area contributed by atoms with E-state index in [1.165, 1.54) is 7.11 Å². The van der Waals surface area contributed by atoms with Crippen LogP contribution in [0.25, 0.3) is 0 Å². The number of fused-ring (bicyclic) bond motifs is 1. The highest BCUT2D eigenvalue weighted by molar-refractivity contribution is 6.11. The first-order valence-electron chi connectivity index (χ1n) is 7.15. The van der Waals surface area contributed by atoms with Gasteiger partial charge in [-0.1, -0.05) is 12.1 Å². The average Bonchev–Trinajstić information content (AvgIpc) is 3.09. The predicted octanol–water partition coefficient (Wildman–Crippen LogP) is 1.95. The number of hydrogen-bond donors (Lipinski definition) is 1. The molecular formula is C16H17N3O3. The Hall–Kier alpha value is -2.63. The maximum atomic E-state index is 12.5. The van der Waals surface area contributed by atoms with Gasteiger partial charge in [0, 0.05) is 12.6 Å². The van der Waals surface area contributed by atoms with Crippen molar-refractivity contribution in [3.8, 4) is 0 Å². The first kappa shape index (κ1) is 14.3. The van der Waals surface area contributed by atoms with Crippen LogP contribution in [-0.2, 0) is 24.6 Å². The van der Waals surface area contributed by atoms with E-state index in [0.717, 1.165) is 30.5 Å². The zero-order valence-corrected chi connectivity index (χ0v) is 12.5. The van der Waals surface area contributed by atoms with Crippen LogP contribution in [0.4, 0.5) is 5.82 Å². The van der Waals surface area contributed by atoms with E-state index in [1.807, 2.05) is 0 Å². The summed E-state index contributed by atoms with van der Waals surface area (Å²) in [7, 11) is 3.10. The lowest BCUT2D eigenvalue weighted by Gasteiger charge is -2.10. The third kappa shape index (κ3) is 2.36. The third-order valence-electron chi connectivity index (χ3n) is 3.88. The Kier molecular flexibility index (Phi) is 3.66. The van der Waals surface area contributed by atoms with Gasteiger partial charge in [0.2, 0.25) is 0 Å². The van der Waals surface area contributed by atoms with E-state index in [1.54, 1.807) is 36.0 Å². The van der Waals surface area contributed by atoms with Crippen molar-refractivity contribution < 1.29 is 14.3 Å². The molecule has 0 aliphatic heterocycles. The normalized spacial score (nSPS) is 12.8. The van der Waals surface area contributed by atoms with E-state index in [9.17, 15) is 9.59 Å². The lowest BCUT2D eigenvalue weighted by atomic mass is 10.1. The zero-order valence-electron chi connectivity index (χ0n) is 12.5. The van der Waals surface area contributed by atoms with Crippen LogP contribution in [0.2, 0.25) is 0 Å². The Morgan fingerprint density at radius 2 is 1.95 bits per heavy atom. The van der Waals surface area contributed by atoms with Gasteiger partial charge in [-0.2, -0.15) is 5.10 Å². The topological polar surface area (TPSA) is 73.2 Å². The van der Waals surface area contributed by atoms with Gasteiger partial charge in [-0.15, -0.1) is 0 Å². The fraction of sp³-hybridized carbons (Fsp3) is 0.312. The Morgan fingerprint density at radius 1 is 1.23 bits per heavy atom. The number of carbonyl (C=O) groups is 2. The molecule has 1 aromatic heterocycles. The molecule has 1 aliphatic carbocycles. The van der Waals surface area contributed by atoms with Gasteiger partial charge in [0.1, 0.15) is 5.82 Å². The fourth-order valence-electron chi connectivity index (χ4n) is 2.82. The lowest BCUT2D eigenvalue weighted by molar-refractivity contribution is 0.0597. The minimum atomic E-state index is -0.527. The highest BCUT2D eigenvalue weighted by Gasteiger charge is 2.24. The number of methoxy groups -OCH3 is 1. The van der Waals surface area contributed by atoms with Crippen molar-refractivity contribution in [2.75, 3.05) is 12.4 Å². The second-order valence-corrected chi connectivity index (χ2v) is 5.24. The van der Waals surface area contributed by atoms with Crippen LogP contribution in [0, 0.1) is 0 Å². The maximum absolute atomic E-state index is 12.5. The van der Waals surface area contributed by atoms with Gasteiger partial charge in [0.15, 0.2) is 0 Å². The summed E-state index contributed by atoms with van der Waals surface area (Å²) >= 11 is 0. The highest BCUT2D eigenvalue weighted by atomic mass is 16.5. The summed E-state index contributed by atoms with van der Waals surface area (Å²) in [5.41, 5.74) is 2.68. The first-order chi connectivity index (χ1) is 10.6. The molecule has 0 saturated carbocycles. The quantitative estimate of drug-likeness (QED) is 0.879. The molecule has 0 fully saturated rings. The van der Waals surface area contributed by atoms with Crippen LogP contribution in [0.5, 0.6) is 0 Å². The van der Waals surface area contributed by atoms with Crippen molar-refractivity contribution in [3.63, 3.8) is 0 Å². The number of aromatic nitrogens is 2. The van der Waals surface area contributed by atoms with Gasteiger partial charge >= 0.3 is 5.97 Å². The lowest BCUT2D eigenvalue weighted by Crippen LogP contribution is -2.19. The molecule has 1 N–H and O–H groups in total. The molecule has 0 bridgehead atoms. The minimum absolute atomic E-state index is 0.251. The van der Waals surface area contributed by atoms with Crippen molar-refractivity contribution in [2.45, 2.75) is 19.3 Å². The summed E-state index contributed by atoms with van der Waals surface area (Å²) in [6, 6.07) is 6.60. The molecule has 1 aromatic carbocycles. The minimum Gasteiger partial charge on any atom is -0.465 e. The largest absolute Gasteiger partial charge is 0.465 e. The van der Waals surface area contributed by atoms with Crippen molar-refractivity contribution in [2.24, 2.45) is 7.05 Å². The maximum Gasteiger partial charge on any atom is 0.338 e. The SMILES string of the molecule is COC(=O)c1ccccc1C(=O)Nc1c2c(nn1C)CCC2. The molecule has 1 heterocycles. The summed E-state index contributed by atoms with van der Waals surface area (Å²) < 4.78 is 6.41. The van der Waals surface area contributed by atoms with Crippen molar-refractivity contribution >= 4 is 17.7 Å². The Balaban J connectivity index is 1.92. The van der Waals surface area contributed by atoms with Crippen molar-refractivity contribution in [1.29, 1.82) is 0 Å². The Labute approximate surface area is 128 Å². The number of amides is 1. The number of aryl methyl sites for hydroxylation is 2. The number of esters is 1. The number of nitrogens with zero attached hydrogens (tertiary/aromatic N) is 2. The van der Waals surface area contributed by atoms with E-state index in [2.05, 4.69) is 10.4 Å². The van der Waals surface area contributed by atoms with E-state index in [4.69, 9.17) is 4.74 Å². The Morgan fingerprint density at radius 3 is 2.68 bits per heavy atom. The number of nitrogens with one attached hydrogen (secondary N) is 1. The molecule has 3 rings (SSSR count). The second kappa shape index (κ2) is 5.63. The molecule has 0 radical (unpaired) electrons. The van der Waals surface area contributed by atoms with E-state index < -0.39 is 5.97 Å². The van der Waals surface area contributed by atoms with Crippen LogP contribution >= 0.6 is 0 Å². The van der Waals surface area contributed by atoms with Gasteiger partial charge in [0.05, 0.1) is 23.9 Å². The number of anilines is 1. The summed E-state index contributed by atoms with van der Waals surface area (Å²) in [6.07, 6.45) is 2.91. The molecule has 114 valence electrons. The van der Waals surface area contributed by atoms with Crippen LogP contribution < -0.4 is 5.32 Å². The van der Waals surface area contributed by atoms with Gasteiger partial charge < -0.3 is 10.1 Å². The van der Waals surface area contributed by atoms with E-state index in [0.29, 0.717) is 11.4 Å². The van der Waals surface area contributed by atoms with Crippen LogP contribution in [-0.4, -0.2) is 28.8 Å². The summed E-state index contributed by atoms with van der Waals surface area (Å²) in [5.74, 6) is -0.156. The second-order valence-electron chi connectivity index (χ2n) is 5.24. The summed E-state index contributed by atoms with van der Waals surface area (Å²) in [5, 5.41) is 7.30.